The van der Waals surface area contributed by atoms with Crippen molar-refractivity contribution in [3.63, 3.8) is 0 Å². The summed E-state index contributed by atoms with van der Waals surface area (Å²) >= 11 is 0. The summed E-state index contributed by atoms with van der Waals surface area (Å²) < 4.78 is 0. The quantitative estimate of drug-likeness (QED) is 0.726. The maximum Gasteiger partial charge on any atom is 0.0368 e. The predicted octanol–water partition coefficient (Wildman–Crippen LogP) is 5.14. The highest BCUT2D eigenvalue weighted by Crippen LogP contribution is 2.29. The molecule has 0 aromatic heterocycles. The Hall–Kier alpha value is -0.980. The number of hydrogen-bond acceptors (Lipinski definition) is 1. The number of anilines is 1. The van der Waals surface area contributed by atoms with E-state index in [-0.39, 0.29) is 5.41 Å². The van der Waals surface area contributed by atoms with Crippen molar-refractivity contribution in [2.75, 3.05) is 11.4 Å². The molecule has 0 N–H and O–H groups in total. The lowest BCUT2D eigenvalue weighted by Gasteiger charge is -2.35. The van der Waals surface area contributed by atoms with Gasteiger partial charge >= 0.3 is 0 Å². The van der Waals surface area contributed by atoms with Gasteiger partial charge in [-0.3, -0.25) is 0 Å². The van der Waals surface area contributed by atoms with Crippen LogP contribution in [0.5, 0.6) is 0 Å². The molecule has 0 saturated heterocycles. The molecule has 0 amide bonds. The van der Waals surface area contributed by atoms with Gasteiger partial charge in [0.05, 0.1) is 0 Å². The lowest BCUT2D eigenvalue weighted by molar-refractivity contribution is 0.418. The Bertz CT molecular complexity index is 379. The smallest absolute Gasteiger partial charge is 0.0368 e. The highest BCUT2D eigenvalue weighted by Gasteiger charge is 2.20. The van der Waals surface area contributed by atoms with E-state index in [9.17, 15) is 0 Å². The van der Waals surface area contributed by atoms with Crippen LogP contribution in [0.15, 0.2) is 24.3 Å². The van der Waals surface area contributed by atoms with Crippen molar-refractivity contribution < 1.29 is 0 Å². The van der Waals surface area contributed by atoms with Gasteiger partial charge in [0, 0.05) is 18.3 Å². The molecule has 0 atom stereocenters. The van der Waals surface area contributed by atoms with Crippen LogP contribution in [0.1, 0.15) is 65.4 Å². The molecular formula is C18H29N. The van der Waals surface area contributed by atoms with Gasteiger partial charge in [0.15, 0.2) is 0 Å². The largest absolute Gasteiger partial charge is 0.369 e. The Labute approximate surface area is 119 Å². The first-order valence-electron chi connectivity index (χ1n) is 7.89. The van der Waals surface area contributed by atoms with Crippen LogP contribution in [0.3, 0.4) is 0 Å². The van der Waals surface area contributed by atoms with E-state index in [1.807, 2.05) is 0 Å². The molecule has 1 aliphatic carbocycles. The molecule has 0 unspecified atom stereocenters. The van der Waals surface area contributed by atoms with Crippen LogP contribution in [0, 0.1) is 0 Å². The normalized spacial score (nSPS) is 17.5. The molecule has 1 fully saturated rings. The van der Waals surface area contributed by atoms with Gasteiger partial charge in [-0.05, 0) is 42.9 Å². The van der Waals surface area contributed by atoms with E-state index >= 15 is 0 Å². The molecular weight excluding hydrogens is 230 g/mol. The third-order valence-electron chi connectivity index (χ3n) is 4.42. The van der Waals surface area contributed by atoms with Crippen LogP contribution >= 0.6 is 0 Å². The van der Waals surface area contributed by atoms with Crippen molar-refractivity contribution in [2.45, 2.75) is 71.3 Å². The molecule has 106 valence electrons. The van der Waals surface area contributed by atoms with Gasteiger partial charge in [-0.25, -0.2) is 0 Å². The molecule has 0 aliphatic heterocycles. The topological polar surface area (TPSA) is 3.24 Å². The minimum atomic E-state index is 0.250. The summed E-state index contributed by atoms with van der Waals surface area (Å²) in [5.41, 5.74) is 3.08. The van der Waals surface area contributed by atoms with Crippen LogP contribution in [0.2, 0.25) is 0 Å². The second-order valence-corrected chi connectivity index (χ2v) is 6.87. The minimum absolute atomic E-state index is 0.250. The van der Waals surface area contributed by atoms with Gasteiger partial charge in [0.2, 0.25) is 0 Å². The van der Waals surface area contributed by atoms with E-state index in [0.717, 1.165) is 12.6 Å². The highest BCUT2D eigenvalue weighted by molar-refractivity contribution is 5.49. The maximum atomic E-state index is 2.60. The average Bonchev–Trinajstić information content (AvgIpc) is 2.40. The van der Waals surface area contributed by atoms with E-state index in [0.29, 0.717) is 0 Å². The summed E-state index contributed by atoms with van der Waals surface area (Å²) in [6, 6.07) is 10.0. The summed E-state index contributed by atoms with van der Waals surface area (Å²) in [6.07, 6.45) is 6.98. The lowest BCUT2D eigenvalue weighted by Crippen LogP contribution is -2.36. The fourth-order valence-electron chi connectivity index (χ4n) is 3.20. The van der Waals surface area contributed by atoms with Gasteiger partial charge in [0.1, 0.15) is 0 Å². The van der Waals surface area contributed by atoms with Gasteiger partial charge < -0.3 is 4.90 Å². The zero-order valence-corrected chi connectivity index (χ0v) is 13.1. The zero-order chi connectivity index (χ0) is 13.9. The van der Waals surface area contributed by atoms with Gasteiger partial charge in [-0.2, -0.15) is 0 Å². The first kappa shape index (κ1) is 14.4. The van der Waals surface area contributed by atoms with E-state index in [4.69, 9.17) is 0 Å². The Kier molecular flexibility index (Phi) is 4.54. The van der Waals surface area contributed by atoms with Crippen molar-refractivity contribution in [3.05, 3.63) is 29.8 Å². The summed E-state index contributed by atoms with van der Waals surface area (Å²) in [6.45, 7) is 10.2. The van der Waals surface area contributed by atoms with Crippen molar-refractivity contribution >= 4 is 5.69 Å². The third kappa shape index (κ3) is 3.52. The molecule has 1 aromatic carbocycles. The van der Waals surface area contributed by atoms with Crippen LogP contribution in [0.4, 0.5) is 5.69 Å². The second-order valence-electron chi connectivity index (χ2n) is 6.87. The molecule has 0 heterocycles. The molecule has 0 spiro atoms. The molecule has 19 heavy (non-hydrogen) atoms. The van der Waals surface area contributed by atoms with Crippen molar-refractivity contribution in [1.82, 2.24) is 0 Å². The fourth-order valence-corrected chi connectivity index (χ4v) is 3.20. The summed E-state index contributed by atoms with van der Waals surface area (Å²) in [5.74, 6) is 0. The predicted molar refractivity (Wildman–Crippen MR) is 85.0 cm³/mol. The lowest BCUT2D eigenvalue weighted by atomic mass is 9.87. The zero-order valence-electron chi connectivity index (χ0n) is 13.1. The van der Waals surface area contributed by atoms with Gasteiger partial charge in [-0.15, -0.1) is 0 Å². The first-order chi connectivity index (χ1) is 9.02. The standard InChI is InChI=1S/C18H29N/c1-5-19(16-9-7-6-8-10-16)17-13-11-15(12-14-17)18(2,3)4/h11-14,16H,5-10H2,1-4H3. The minimum Gasteiger partial charge on any atom is -0.369 e. The Morgan fingerprint density at radius 1 is 1.00 bits per heavy atom. The molecule has 0 bridgehead atoms. The molecule has 1 aromatic rings. The highest BCUT2D eigenvalue weighted by atomic mass is 15.2. The summed E-state index contributed by atoms with van der Waals surface area (Å²) in [4.78, 5) is 2.60. The fraction of sp³-hybridized carbons (Fsp3) is 0.667. The molecule has 0 radical (unpaired) electrons. The SMILES string of the molecule is CCN(c1ccc(C(C)(C)C)cc1)C1CCCCC1. The summed E-state index contributed by atoms with van der Waals surface area (Å²) in [7, 11) is 0. The van der Waals surface area contributed by atoms with Crippen molar-refractivity contribution in [3.8, 4) is 0 Å². The molecule has 2 rings (SSSR count). The number of hydrogen-bond donors (Lipinski definition) is 0. The van der Waals surface area contributed by atoms with E-state index in [1.54, 1.807) is 0 Å². The first-order valence-corrected chi connectivity index (χ1v) is 7.89. The van der Waals surface area contributed by atoms with Crippen molar-refractivity contribution in [2.24, 2.45) is 0 Å². The monoisotopic (exact) mass is 259 g/mol. The van der Waals surface area contributed by atoms with Crippen molar-refractivity contribution in [1.29, 1.82) is 0 Å². The van der Waals surface area contributed by atoms with Crippen LogP contribution < -0.4 is 4.90 Å². The average molecular weight is 259 g/mol. The second kappa shape index (κ2) is 5.98. The Balaban J connectivity index is 2.14. The van der Waals surface area contributed by atoms with Crippen LogP contribution in [-0.4, -0.2) is 12.6 Å². The van der Waals surface area contributed by atoms with E-state index in [2.05, 4.69) is 56.9 Å². The molecule has 1 heteroatoms. The van der Waals surface area contributed by atoms with Crippen LogP contribution in [0.25, 0.3) is 0 Å². The molecule has 1 nitrogen and oxygen atoms in total. The van der Waals surface area contributed by atoms with Crippen LogP contribution in [-0.2, 0) is 5.41 Å². The molecule has 1 saturated carbocycles. The Morgan fingerprint density at radius 2 is 1.58 bits per heavy atom. The van der Waals surface area contributed by atoms with E-state index < -0.39 is 0 Å². The maximum absolute atomic E-state index is 2.60. The third-order valence-corrected chi connectivity index (χ3v) is 4.42. The number of rotatable bonds is 3. The summed E-state index contributed by atoms with van der Waals surface area (Å²) in [5, 5.41) is 0. The van der Waals surface area contributed by atoms with Gasteiger partial charge in [-0.1, -0.05) is 52.2 Å². The number of benzene rings is 1. The Morgan fingerprint density at radius 3 is 2.05 bits per heavy atom. The molecule has 1 aliphatic rings. The van der Waals surface area contributed by atoms with Gasteiger partial charge in [0.25, 0.3) is 0 Å². The number of nitrogens with zero attached hydrogens (tertiary/aromatic N) is 1. The van der Waals surface area contributed by atoms with E-state index in [1.165, 1.54) is 43.4 Å².